The number of fused-ring (bicyclic) bond motifs is 1. The number of hydrogen-bond acceptors (Lipinski definition) is 1. The Labute approximate surface area is 115 Å². The summed E-state index contributed by atoms with van der Waals surface area (Å²) in [7, 11) is 2.06. The molecule has 0 spiro atoms. The first kappa shape index (κ1) is 12.4. The fraction of sp³-hybridized carbons (Fsp3) is 0.333. The van der Waals surface area contributed by atoms with Gasteiger partial charge in [0.15, 0.2) is 0 Å². The van der Waals surface area contributed by atoms with Crippen LogP contribution in [0.1, 0.15) is 46.2 Å². The molecule has 3 rings (SSSR count). The Morgan fingerprint density at radius 1 is 0.947 bits per heavy atom. The van der Waals surface area contributed by atoms with Crippen molar-refractivity contribution in [3.8, 4) is 0 Å². The van der Waals surface area contributed by atoms with E-state index >= 15 is 0 Å². The number of benzene rings is 2. The highest BCUT2D eigenvalue weighted by Crippen LogP contribution is 2.43. The van der Waals surface area contributed by atoms with Crippen molar-refractivity contribution in [2.24, 2.45) is 0 Å². The van der Waals surface area contributed by atoms with Gasteiger partial charge in [0.25, 0.3) is 0 Å². The topological polar surface area (TPSA) is 12.0 Å². The summed E-state index contributed by atoms with van der Waals surface area (Å²) in [6.45, 7) is 4.38. The molecular weight excluding hydrogens is 230 g/mol. The summed E-state index contributed by atoms with van der Waals surface area (Å²) in [6, 6.07) is 16.2. The van der Waals surface area contributed by atoms with Gasteiger partial charge in [-0.2, -0.15) is 0 Å². The second-order valence-electron chi connectivity index (χ2n) is 5.60. The van der Waals surface area contributed by atoms with Crippen LogP contribution in [0.5, 0.6) is 0 Å². The maximum absolute atomic E-state index is 3.45. The van der Waals surface area contributed by atoms with E-state index in [1.165, 1.54) is 34.2 Å². The van der Waals surface area contributed by atoms with E-state index in [0.717, 1.165) is 0 Å². The van der Waals surface area contributed by atoms with Gasteiger partial charge >= 0.3 is 0 Å². The molecule has 1 heteroatoms. The second-order valence-corrected chi connectivity index (χ2v) is 5.60. The largest absolute Gasteiger partial charge is 0.313 e. The maximum Gasteiger partial charge on any atom is 0.0329 e. The standard InChI is InChI=1S/C18H21N/c1-12-8-9-14(10-13(12)2)17-11-18(19-3)16-7-5-4-6-15(16)17/h4-10,17-19H,11H2,1-3H3. The first-order valence-corrected chi connectivity index (χ1v) is 7.04. The van der Waals surface area contributed by atoms with Crippen molar-refractivity contribution in [1.82, 2.24) is 5.32 Å². The molecule has 2 unspecified atom stereocenters. The second kappa shape index (κ2) is 4.82. The molecule has 0 heterocycles. The van der Waals surface area contributed by atoms with Gasteiger partial charge in [-0.15, -0.1) is 0 Å². The minimum atomic E-state index is 0.489. The van der Waals surface area contributed by atoms with Crippen molar-refractivity contribution in [3.63, 3.8) is 0 Å². The Balaban J connectivity index is 2.05. The van der Waals surface area contributed by atoms with E-state index in [9.17, 15) is 0 Å². The molecule has 2 aromatic carbocycles. The third-order valence-electron chi connectivity index (χ3n) is 4.50. The van der Waals surface area contributed by atoms with Gasteiger partial charge in [-0.1, -0.05) is 42.5 Å². The summed E-state index contributed by atoms with van der Waals surface area (Å²) in [4.78, 5) is 0. The lowest BCUT2D eigenvalue weighted by atomic mass is 9.91. The summed E-state index contributed by atoms with van der Waals surface area (Å²) < 4.78 is 0. The lowest BCUT2D eigenvalue weighted by Crippen LogP contribution is -2.13. The molecule has 0 amide bonds. The van der Waals surface area contributed by atoms with Crippen molar-refractivity contribution in [2.75, 3.05) is 7.05 Å². The van der Waals surface area contributed by atoms with Gasteiger partial charge in [0.05, 0.1) is 0 Å². The van der Waals surface area contributed by atoms with Crippen molar-refractivity contribution in [2.45, 2.75) is 32.2 Å². The van der Waals surface area contributed by atoms with Crippen molar-refractivity contribution in [1.29, 1.82) is 0 Å². The van der Waals surface area contributed by atoms with Crippen molar-refractivity contribution >= 4 is 0 Å². The highest BCUT2D eigenvalue weighted by atomic mass is 14.9. The predicted molar refractivity (Wildman–Crippen MR) is 80.6 cm³/mol. The van der Waals surface area contributed by atoms with Gasteiger partial charge in [0.2, 0.25) is 0 Å². The zero-order valence-corrected chi connectivity index (χ0v) is 11.9. The Hall–Kier alpha value is -1.60. The van der Waals surface area contributed by atoms with Gasteiger partial charge in [-0.25, -0.2) is 0 Å². The third-order valence-corrected chi connectivity index (χ3v) is 4.50. The molecule has 1 nitrogen and oxygen atoms in total. The molecule has 1 aliphatic carbocycles. The number of aryl methyl sites for hydroxylation is 2. The first-order chi connectivity index (χ1) is 9.20. The quantitative estimate of drug-likeness (QED) is 0.847. The van der Waals surface area contributed by atoms with Crippen LogP contribution < -0.4 is 5.32 Å². The molecule has 0 radical (unpaired) electrons. The number of rotatable bonds is 2. The van der Waals surface area contributed by atoms with Gasteiger partial charge in [-0.05, 0) is 55.1 Å². The first-order valence-electron chi connectivity index (χ1n) is 7.04. The fourth-order valence-electron chi connectivity index (χ4n) is 3.21. The van der Waals surface area contributed by atoms with Gasteiger partial charge < -0.3 is 5.32 Å². The number of nitrogens with one attached hydrogen (secondary N) is 1. The minimum absolute atomic E-state index is 0.489. The summed E-state index contributed by atoms with van der Waals surface area (Å²) in [6.07, 6.45) is 1.17. The zero-order valence-electron chi connectivity index (χ0n) is 11.9. The molecule has 2 atom stereocenters. The molecule has 0 bridgehead atoms. The lowest BCUT2D eigenvalue weighted by Gasteiger charge is -2.14. The Bertz CT molecular complexity index is 600. The van der Waals surface area contributed by atoms with Crippen LogP contribution in [0.4, 0.5) is 0 Å². The molecule has 0 aromatic heterocycles. The highest BCUT2D eigenvalue weighted by molar-refractivity contribution is 5.46. The Morgan fingerprint density at radius 3 is 2.37 bits per heavy atom. The molecule has 2 aromatic rings. The van der Waals surface area contributed by atoms with E-state index < -0.39 is 0 Å². The summed E-state index contributed by atoms with van der Waals surface area (Å²) in [5, 5.41) is 3.45. The molecule has 0 saturated heterocycles. The van der Waals surface area contributed by atoms with Crippen LogP contribution in [-0.4, -0.2) is 7.05 Å². The van der Waals surface area contributed by atoms with Crippen molar-refractivity contribution < 1.29 is 0 Å². The van der Waals surface area contributed by atoms with Gasteiger partial charge in [-0.3, -0.25) is 0 Å². The molecule has 0 saturated carbocycles. The summed E-state index contributed by atoms with van der Waals surface area (Å²) in [5.74, 6) is 0.535. The van der Waals surface area contributed by atoms with Crippen LogP contribution in [-0.2, 0) is 0 Å². The molecule has 1 N–H and O–H groups in total. The molecule has 98 valence electrons. The van der Waals surface area contributed by atoms with E-state index in [0.29, 0.717) is 12.0 Å². The van der Waals surface area contributed by atoms with E-state index in [4.69, 9.17) is 0 Å². The molecule has 19 heavy (non-hydrogen) atoms. The number of hydrogen-bond donors (Lipinski definition) is 1. The van der Waals surface area contributed by atoms with Crippen LogP contribution in [0, 0.1) is 13.8 Å². The lowest BCUT2D eigenvalue weighted by molar-refractivity contribution is 0.564. The normalized spacial score (nSPS) is 21.4. The SMILES string of the molecule is CNC1CC(c2ccc(C)c(C)c2)c2ccccc21. The van der Waals surface area contributed by atoms with E-state index in [2.05, 4.69) is 68.7 Å². The van der Waals surface area contributed by atoms with Crippen LogP contribution in [0.15, 0.2) is 42.5 Å². The average molecular weight is 251 g/mol. The van der Waals surface area contributed by atoms with Gasteiger partial charge in [0.1, 0.15) is 0 Å². The van der Waals surface area contributed by atoms with E-state index in [1.807, 2.05) is 0 Å². The Kier molecular flexibility index (Phi) is 3.16. The zero-order chi connectivity index (χ0) is 13.4. The molecule has 0 aliphatic heterocycles. The third kappa shape index (κ3) is 2.08. The van der Waals surface area contributed by atoms with Gasteiger partial charge in [0, 0.05) is 12.0 Å². The fourth-order valence-corrected chi connectivity index (χ4v) is 3.21. The summed E-state index contributed by atoms with van der Waals surface area (Å²) >= 11 is 0. The van der Waals surface area contributed by atoms with E-state index in [-0.39, 0.29) is 0 Å². The summed E-state index contributed by atoms with van der Waals surface area (Å²) in [5.41, 5.74) is 7.18. The van der Waals surface area contributed by atoms with Crippen LogP contribution in [0.25, 0.3) is 0 Å². The van der Waals surface area contributed by atoms with Crippen LogP contribution in [0.2, 0.25) is 0 Å². The highest BCUT2D eigenvalue weighted by Gasteiger charge is 2.30. The average Bonchev–Trinajstić information content (AvgIpc) is 2.81. The maximum atomic E-state index is 3.45. The molecule has 1 aliphatic rings. The van der Waals surface area contributed by atoms with Crippen LogP contribution in [0.3, 0.4) is 0 Å². The predicted octanol–water partition coefficient (Wildman–Crippen LogP) is 4.10. The molecule has 0 fully saturated rings. The van der Waals surface area contributed by atoms with E-state index in [1.54, 1.807) is 0 Å². The van der Waals surface area contributed by atoms with Crippen molar-refractivity contribution in [3.05, 3.63) is 70.3 Å². The monoisotopic (exact) mass is 251 g/mol. The molecular formula is C18H21N. The van der Waals surface area contributed by atoms with Crippen LogP contribution >= 0.6 is 0 Å². The smallest absolute Gasteiger partial charge is 0.0329 e. The Morgan fingerprint density at radius 2 is 1.68 bits per heavy atom. The minimum Gasteiger partial charge on any atom is -0.313 e.